The topological polar surface area (TPSA) is 108 Å². The van der Waals surface area contributed by atoms with Crippen molar-refractivity contribution < 1.29 is 18.9 Å². The average Bonchev–Trinajstić information content (AvgIpc) is 4.25. The van der Waals surface area contributed by atoms with E-state index in [1.165, 1.54) is 22.3 Å². The first kappa shape index (κ1) is 46.6. The molecule has 8 aromatic carbocycles. The lowest BCUT2D eigenvalue weighted by atomic mass is 10.0. The molecule has 0 unspecified atom stereocenters. The lowest BCUT2D eigenvalue weighted by Crippen LogP contribution is -2.16. The second-order valence-electron chi connectivity index (χ2n) is 20.0. The maximum Gasteiger partial charge on any atom is 0.177 e. The van der Waals surface area contributed by atoms with E-state index < -0.39 is 0 Å². The largest absolute Gasteiger partial charge is 0.497 e. The van der Waals surface area contributed by atoms with E-state index in [9.17, 15) is 0 Å². The van der Waals surface area contributed by atoms with Gasteiger partial charge in [-0.05, 0) is 169 Å². The van der Waals surface area contributed by atoms with Crippen LogP contribution in [0.5, 0.6) is 23.0 Å². The van der Waals surface area contributed by atoms with Crippen LogP contribution in [-0.2, 0) is 26.2 Å². The SMILES string of the molecule is COc1ccc(-c2cc(C)cc3c2nc2n3CCn3c-2nc2c(-c4ccc(OC)cc4)cc(C)cc23)cc1.COc1ccc(-c2cc(C)cc3c2nc2n3CCn3c-2nc2c(-c4ccc(OC)cc4)cc(C)cc23)cc1. The molecule has 2 aliphatic rings. The Morgan fingerprint density at radius 2 is 0.487 bits per heavy atom. The van der Waals surface area contributed by atoms with E-state index in [0.29, 0.717) is 0 Å². The normalized spacial score (nSPS) is 12.5. The standard InChI is InChI=1S/2C32H28N4O2/c2*1-19-15-25(21-5-9-23(37-3)10-6-21)29-27(17-19)35-13-14-36-28-18-20(2)16-26(22-7-11-24(38-4)12-8-22)30(28)34-32(36)31(35)33-29/h2*5-12,15-18H,13-14H2,1-4H3. The first-order valence-corrected chi connectivity index (χ1v) is 25.7. The summed E-state index contributed by atoms with van der Waals surface area (Å²) in [7, 11) is 6.77. The highest BCUT2D eigenvalue weighted by Crippen LogP contribution is 2.42. The van der Waals surface area contributed by atoms with Gasteiger partial charge in [-0.25, -0.2) is 19.9 Å². The molecule has 76 heavy (non-hydrogen) atoms. The molecule has 0 bridgehead atoms. The summed E-state index contributed by atoms with van der Waals surface area (Å²) in [6.07, 6.45) is 0. The van der Waals surface area contributed by atoms with Crippen molar-refractivity contribution in [2.45, 2.75) is 53.9 Å². The minimum absolute atomic E-state index is 0.846. The minimum Gasteiger partial charge on any atom is -0.497 e. The quantitative estimate of drug-likeness (QED) is 0.148. The van der Waals surface area contributed by atoms with Crippen LogP contribution < -0.4 is 18.9 Å². The highest BCUT2D eigenvalue weighted by molar-refractivity contribution is 6.00. The predicted molar refractivity (Wildman–Crippen MR) is 304 cm³/mol. The molecule has 12 heteroatoms. The molecule has 14 rings (SSSR count). The summed E-state index contributed by atoms with van der Waals surface area (Å²) in [5.41, 5.74) is 22.5. The molecule has 0 atom stereocenters. The van der Waals surface area contributed by atoms with Gasteiger partial charge in [-0.1, -0.05) is 48.5 Å². The summed E-state index contributed by atoms with van der Waals surface area (Å²) in [4.78, 5) is 20.9. The Kier molecular flexibility index (Phi) is 11.3. The highest BCUT2D eigenvalue weighted by Gasteiger charge is 2.29. The minimum atomic E-state index is 0.846. The molecule has 6 heterocycles. The van der Waals surface area contributed by atoms with Gasteiger partial charge in [-0.2, -0.15) is 0 Å². The third-order valence-corrected chi connectivity index (χ3v) is 15.1. The van der Waals surface area contributed by atoms with Crippen LogP contribution in [0.1, 0.15) is 22.3 Å². The smallest absolute Gasteiger partial charge is 0.177 e. The maximum atomic E-state index is 5.37. The maximum absolute atomic E-state index is 5.37. The summed E-state index contributed by atoms with van der Waals surface area (Å²) in [6.45, 7) is 12.0. The number of nitrogens with zero attached hydrogens (tertiary/aromatic N) is 8. The number of aromatic nitrogens is 8. The van der Waals surface area contributed by atoms with Crippen molar-refractivity contribution in [2.75, 3.05) is 28.4 Å². The van der Waals surface area contributed by atoms with Gasteiger partial charge in [0.05, 0.1) is 72.6 Å². The molecule has 0 aliphatic carbocycles. The van der Waals surface area contributed by atoms with Gasteiger partial charge in [0, 0.05) is 48.4 Å². The van der Waals surface area contributed by atoms with E-state index in [2.05, 4.69) is 143 Å². The van der Waals surface area contributed by atoms with Gasteiger partial charge in [0.2, 0.25) is 0 Å². The van der Waals surface area contributed by atoms with Crippen molar-refractivity contribution in [2.24, 2.45) is 0 Å². The number of hydrogen-bond donors (Lipinski definition) is 0. The highest BCUT2D eigenvalue weighted by atomic mass is 16.5. The molecular formula is C64H56N8O4. The van der Waals surface area contributed by atoms with E-state index in [1.807, 2.05) is 48.5 Å². The molecule has 0 amide bonds. The Morgan fingerprint density at radius 3 is 0.671 bits per heavy atom. The molecule has 12 aromatic rings. The van der Waals surface area contributed by atoms with Gasteiger partial charge >= 0.3 is 0 Å². The summed E-state index contributed by atoms with van der Waals surface area (Å²) in [5.74, 6) is 7.05. The van der Waals surface area contributed by atoms with E-state index in [-0.39, 0.29) is 0 Å². The zero-order valence-electron chi connectivity index (χ0n) is 43.9. The van der Waals surface area contributed by atoms with Gasteiger partial charge in [0.1, 0.15) is 23.0 Å². The van der Waals surface area contributed by atoms with E-state index in [0.717, 1.165) is 161 Å². The third kappa shape index (κ3) is 7.73. The van der Waals surface area contributed by atoms with Crippen LogP contribution in [0.25, 0.3) is 112 Å². The summed E-state index contributed by atoms with van der Waals surface area (Å²) in [5, 5.41) is 0. The molecule has 4 aromatic heterocycles. The van der Waals surface area contributed by atoms with Crippen LogP contribution in [0.2, 0.25) is 0 Å². The third-order valence-electron chi connectivity index (χ3n) is 15.1. The number of hydrogen-bond acceptors (Lipinski definition) is 8. The van der Waals surface area contributed by atoms with Crippen LogP contribution in [0.3, 0.4) is 0 Å². The van der Waals surface area contributed by atoms with Gasteiger partial charge in [-0.3, -0.25) is 0 Å². The Balaban J connectivity index is 0.000000146. The summed E-state index contributed by atoms with van der Waals surface area (Å²) in [6, 6.07) is 50.7. The van der Waals surface area contributed by atoms with E-state index >= 15 is 0 Å². The Morgan fingerprint density at radius 1 is 0.289 bits per heavy atom. The molecule has 0 saturated carbocycles. The number of benzene rings is 8. The fourth-order valence-electron chi connectivity index (χ4n) is 11.4. The molecule has 12 nitrogen and oxygen atoms in total. The predicted octanol–water partition coefficient (Wildman–Crippen LogP) is 14.1. The second kappa shape index (κ2) is 18.3. The van der Waals surface area contributed by atoms with Crippen LogP contribution in [-0.4, -0.2) is 66.6 Å². The van der Waals surface area contributed by atoms with Crippen molar-refractivity contribution >= 4 is 44.1 Å². The number of rotatable bonds is 8. The average molecular weight is 1000 g/mol. The Labute approximate surface area is 440 Å². The second-order valence-corrected chi connectivity index (χ2v) is 20.0. The van der Waals surface area contributed by atoms with Crippen LogP contribution in [0.15, 0.2) is 146 Å². The van der Waals surface area contributed by atoms with Gasteiger partial charge < -0.3 is 37.2 Å². The molecule has 0 saturated heterocycles. The van der Waals surface area contributed by atoms with Gasteiger partial charge in [-0.15, -0.1) is 0 Å². The monoisotopic (exact) mass is 1000 g/mol. The zero-order chi connectivity index (χ0) is 51.9. The molecule has 0 spiro atoms. The number of aryl methyl sites for hydroxylation is 8. The Hall–Kier alpha value is -9.16. The Bertz CT molecular complexity index is 3690. The number of ether oxygens (including phenoxy) is 4. The first-order chi connectivity index (χ1) is 37.1. The molecule has 0 radical (unpaired) electrons. The lowest BCUT2D eigenvalue weighted by Gasteiger charge is -2.18. The van der Waals surface area contributed by atoms with Crippen molar-refractivity contribution in [3.05, 3.63) is 168 Å². The van der Waals surface area contributed by atoms with E-state index in [4.69, 9.17) is 38.9 Å². The zero-order valence-corrected chi connectivity index (χ0v) is 43.9. The van der Waals surface area contributed by atoms with Crippen molar-refractivity contribution in [3.8, 4) is 90.8 Å². The fourth-order valence-corrected chi connectivity index (χ4v) is 11.4. The van der Waals surface area contributed by atoms with Crippen molar-refractivity contribution in [1.82, 2.24) is 38.2 Å². The lowest BCUT2D eigenvalue weighted by molar-refractivity contribution is 0.415. The van der Waals surface area contributed by atoms with Gasteiger partial charge in [0.15, 0.2) is 23.3 Å². The fraction of sp³-hybridized carbons (Fsp3) is 0.188. The molecule has 2 aliphatic heterocycles. The number of fused-ring (bicyclic) bond motifs is 14. The molecule has 376 valence electrons. The van der Waals surface area contributed by atoms with Gasteiger partial charge in [0.25, 0.3) is 0 Å². The number of methoxy groups -OCH3 is 4. The summed E-state index contributed by atoms with van der Waals surface area (Å²) < 4.78 is 30.8. The van der Waals surface area contributed by atoms with Crippen LogP contribution in [0, 0.1) is 27.7 Å². The first-order valence-electron chi connectivity index (χ1n) is 25.7. The summed E-state index contributed by atoms with van der Waals surface area (Å²) >= 11 is 0. The number of imidazole rings is 4. The van der Waals surface area contributed by atoms with Crippen molar-refractivity contribution in [3.63, 3.8) is 0 Å². The van der Waals surface area contributed by atoms with Crippen LogP contribution in [0.4, 0.5) is 0 Å². The molecule has 0 N–H and O–H groups in total. The van der Waals surface area contributed by atoms with Crippen molar-refractivity contribution in [1.29, 1.82) is 0 Å². The molecular weight excluding hydrogens is 945 g/mol. The molecule has 0 fully saturated rings. The van der Waals surface area contributed by atoms with E-state index in [1.54, 1.807) is 28.4 Å². The van der Waals surface area contributed by atoms with Crippen LogP contribution >= 0.6 is 0 Å².